The van der Waals surface area contributed by atoms with Crippen LogP contribution < -0.4 is 5.73 Å². The maximum atomic E-state index is 5.98. The molecule has 0 fully saturated rings. The summed E-state index contributed by atoms with van der Waals surface area (Å²) in [4.78, 5) is 6.50. The average molecular weight is 235 g/mol. The highest BCUT2D eigenvalue weighted by atomic mass is 15.2. The standard InChI is InChI=1S/C14H25N3/c1-5-17(14(4,11-15)12(2)3)10-13-6-8-16-9-7-13/h6-9,12H,5,10-11,15H2,1-4H3. The van der Waals surface area contributed by atoms with E-state index in [-0.39, 0.29) is 5.54 Å². The quantitative estimate of drug-likeness (QED) is 0.822. The molecule has 0 aromatic carbocycles. The van der Waals surface area contributed by atoms with Gasteiger partial charge in [-0.25, -0.2) is 0 Å². The Hall–Kier alpha value is -0.930. The van der Waals surface area contributed by atoms with Gasteiger partial charge in [-0.2, -0.15) is 0 Å². The lowest BCUT2D eigenvalue weighted by atomic mass is 9.86. The van der Waals surface area contributed by atoms with Crippen LogP contribution in [0.2, 0.25) is 0 Å². The maximum Gasteiger partial charge on any atom is 0.0329 e. The predicted octanol–water partition coefficient (Wildman–Crippen LogP) is 2.28. The van der Waals surface area contributed by atoms with Crippen molar-refractivity contribution in [2.45, 2.75) is 39.8 Å². The largest absolute Gasteiger partial charge is 0.329 e. The minimum absolute atomic E-state index is 0.0536. The van der Waals surface area contributed by atoms with Crippen LogP contribution in [0.4, 0.5) is 0 Å². The number of nitrogens with two attached hydrogens (primary N) is 1. The summed E-state index contributed by atoms with van der Waals surface area (Å²) in [7, 11) is 0. The van der Waals surface area contributed by atoms with Crippen LogP contribution in [0.5, 0.6) is 0 Å². The van der Waals surface area contributed by atoms with E-state index in [1.165, 1.54) is 5.56 Å². The molecule has 2 N–H and O–H groups in total. The van der Waals surface area contributed by atoms with Gasteiger partial charge in [-0.15, -0.1) is 0 Å². The van der Waals surface area contributed by atoms with Crippen molar-refractivity contribution in [3.8, 4) is 0 Å². The second kappa shape index (κ2) is 6.12. The highest BCUT2D eigenvalue weighted by Crippen LogP contribution is 2.25. The number of hydrogen-bond acceptors (Lipinski definition) is 3. The Morgan fingerprint density at radius 1 is 1.35 bits per heavy atom. The molecule has 0 amide bonds. The van der Waals surface area contributed by atoms with E-state index in [2.05, 4.69) is 49.7 Å². The zero-order valence-electron chi connectivity index (χ0n) is 11.5. The van der Waals surface area contributed by atoms with Crippen molar-refractivity contribution in [2.75, 3.05) is 13.1 Å². The molecule has 1 unspecified atom stereocenters. The second-order valence-corrected chi connectivity index (χ2v) is 5.09. The van der Waals surface area contributed by atoms with Crippen molar-refractivity contribution < 1.29 is 0 Å². The third kappa shape index (κ3) is 3.27. The summed E-state index contributed by atoms with van der Waals surface area (Å²) in [6.07, 6.45) is 3.69. The molecule has 1 atom stereocenters. The molecule has 0 aliphatic heterocycles. The van der Waals surface area contributed by atoms with E-state index in [9.17, 15) is 0 Å². The molecule has 1 rings (SSSR count). The van der Waals surface area contributed by atoms with E-state index in [1.807, 2.05) is 12.4 Å². The molecule has 0 aliphatic rings. The van der Waals surface area contributed by atoms with Crippen LogP contribution in [0.15, 0.2) is 24.5 Å². The Morgan fingerprint density at radius 3 is 2.35 bits per heavy atom. The van der Waals surface area contributed by atoms with Crippen LogP contribution in [0, 0.1) is 5.92 Å². The number of nitrogens with zero attached hydrogens (tertiary/aromatic N) is 2. The summed E-state index contributed by atoms with van der Waals surface area (Å²) in [5.41, 5.74) is 7.33. The lowest BCUT2D eigenvalue weighted by Crippen LogP contribution is -2.54. The third-order valence-electron chi connectivity index (χ3n) is 3.88. The van der Waals surface area contributed by atoms with Crippen molar-refractivity contribution in [1.29, 1.82) is 0 Å². The Bertz CT molecular complexity index is 323. The van der Waals surface area contributed by atoms with Gasteiger partial charge in [0.1, 0.15) is 0 Å². The minimum Gasteiger partial charge on any atom is -0.329 e. The summed E-state index contributed by atoms with van der Waals surface area (Å²) in [6, 6.07) is 4.14. The maximum absolute atomic E-state index is 5.98. The average Bonchev–Trinajstić information content (AvgIpc) is 2.36. The molecule has 0 radical (unpaired) electrons. The van der Waals surface area contributed by atoms with E-state index in [0.29, 0.717) is 12.5 Å². The topological polar surface area (TPSA) is 42.2 Å². The summed E-state index contributed by atoms with van der Waals surface area (Å²) in [5, 5.41) is 0. The minimum atomic E-state index is 0.0536. The molecule has 0 saturated carbocycles. The first kappa shape index (κ1) is 14.1. The first-order valence-corrected chi connectivity index (χ1v) is 6.38. The molecule has 1 aromatic heterocycles. The van der Waals surface area contributed by atoms with Crippen molar-refractivity contribution in [3.63, 3.8) is 0 Å². The Kier molecular flexibility index (Phi) is 5.09. The Morgan fingerprint density at radius 2 is 1.94 bits per heavy atom. The van der Waals surface area contributed by atoms with E-state index >= 15 is 0 Å². The zero-order valence-corrected chi connectivity index (χ0v) is 11.5. The second-order valence-electron chi connectivity index (χ2n) is 5.09. The molecular formula is C14H25N3. The van der Waals surface area contributed by atoms with Crippen molar-refractivity contribution in [3.05, 3.63) is 30.1 Å². The normalized spacial score (nSPS) is 15.2. The van der Waals surface area contributed by atoms with Crippen LogP contribution in [-0.4, -0.2) is 28.5 Å². The van der Waals surface area contributed by atoms with Crippen molar-refractivity contribution in [1.82, 2.24) is 9.88 Å². The highest BCUT2D eigenvalue weighted by molar-refractivity contribution is 5.10. The van der Waals surface area contributed by atoms with E-state index in [4.69, 9.17) is 5.73 Å². The van der Waals surface area contributed by atoms with Crippen LogP contribution in [0.25, 0.3) is 0 Å². The molecule has 0 spiro atoms. The monoisotopic (exact) mass is 235 g/mol. The summed E-state index contributed by atoms with van der Waals surface area (Å²) < 4.78 is 0. The number of rotatable bonds is 6. The molecule has 3 heteroatoms. The molecule has 3 nitrogen and oxygen atoms in total. The van der Waals surface area contributed by atoms with Gasteiger partial charge < -0.3 is 5.73 Å². The summed E-state index contributed by atoms with van der Waals surface area (Å²) >= 11 is 0. The van der Waals surface area contributed by atoms with E-state index in [0.717, 1.165) is 13.1 Å². The molecule has 0 saturated heterocycles. The van der Waals surface area contributed by atoms with Gasteiger partial charge in [0.05, 0.1) is 0 Å². The number of hydrogen-bond donors (Lipinski definition) is 1. The SMILES string of the molecule is CCN(Cc1ccncc1)C(C)(CN)C(C)C. The Labute approximate surface area is 105 Å². The molecule has 17 heavy (non-hydrogen) atoms. The van der Waals surface area contributed by atoms with E-state index < -0.39 is 0 Å². The first-order valence-electron chi connectivity index (χ1n) is 6.38. The predicted molar refractivity (Wildman–Crippen MR) is 72.6 cm³/mol. The highest BCUT2D eigenvalue weighted by Gasteiger charge is 2.32. The zero-order chi connectivity index (χ0) is 12.9. The molecule has 0 bridgehead atoms. The van der Waals surface area contributed by atoms with Gasteiger partial charge >= 0.3 is 0 Å². The summed E-state index contributed by atoms with van der Waals surface area (Å²) in [5.74, 6) is 0.536. The van der Waals surface area contributed by atoms with Gasteiger partial charge in [0.15, 0.2) is 0 Å². The van der Waals surface area contributed by atoms with Crippen LogP contribution in [0.1, 0.15) is 33.3 Å². The fourth-order valence-electron chi connectivity index (χ4n) is 2.09. The van der Waals surface area contributed by atoms with Gasteiger partial charge in [0.2, 0.25) is 0 Å². The molecule has 96 valence electrons. The molecule has 1 heterocycles. The smallest absolute Gasteiger partial charge is 0.0329 e. The molecular weight excluding hydrogens is 210 g/mol. The fourth-order valence-corrected chi connectivity index (χ4v) is 2.09. The van der Waals surface area contributed by atoms with Crippen LogP contribution in [0.3, 0.4) is 0 Å². The lowest BCUT2D eigenvalue weighted by Gasteiger charge is -2.43. The van der Waals surface area contributed by atoms with Gasteiger partial charge in [-0.05, 0) is 37.1 Å². The fraction of sp³-hybridized carbons (Fsp3) is 0.643. The van der Waals surface area contributed by atoms with Crippen LogP contribution in [-0.2, 0) is 6.54 Å². The molecule has 1 aromatic rings. The number of pyridine rings is 1. The lowest BCUT2D eigenvalue weighted by molar-refractivity contribution is 0.0649. The van der Waals surface area contributed by atoms with Crippen molar-refractivity contribution >= 4 is 0 Å². The third-order valence-corrected chi connectivity index (χ3v) is 3.88. The van der Waals surface area contributed by atoms with Gasteiger partial charge in [-0.3, -0.25) is 9.88 Å². The summed E-state index contributed by atoms with van der Waals surface area (Å²) in [6.45, 7) is 11.5. The van der Waals surface area contributed by atoms with Gasteiger partial charge in [0.25, 0.3) is 0 Å². The first-order chi connectivity index (χ1) is 8.04. The van der Waals surface area contributed by atoms with Gasteiger partial charge in [0, 0.05) is 31.0 Å². The van der Waals surface area contributed by atoms with E-state index in [1.54, 1.807) is 0 Å². The number of likely N-dealkylation sites (N-methyl/N-ethyl adjacent to an activating group) is 1. The number of aromatic nitrogens is 1. The van der Waals surface area contributed by atoms with Crippen LogP contribution >= 0.6 is 0 Å². The van der Waals surface area contributed by atoms with Crippen molar-refractivity contribution in [2.24, 2.45) is 11.7 Å². The van der Waals surface area contributed by atoms with Gasteiger partial charge in [-0.1, -0.05) is 20.8 Å². The Balaban J connectivity index is 2.84. The molecule has 0 aliphatic carbocycles.